The van der Waals surface area contributed by atoms with Crippen molar-refractivity contribution in [1.29, 1.82) is 0 Å². The Bertz CT molecular complexity index is 371. The number of terminal acetylenes is 2. The largest absolute Gasteiger partial charge is 0.325 e. The first kappa shape index (κ1) is 22.0. The van der Waals surface area contributed by atoms with E-state index in [1.807, 2.05) is 11.8 Å². The van der Waals surface area contributed by atoms with Gasteiger partial charge in [0.25, 0.3) is 11.8 Å². The molecule has 0 aliphatic carbocycles. The van der Waals surface area contributed by atoms with E-state index in [1.165, 1.54) is 6.92 Å². The quantitative estimate of drug-likeness (QED) is 0.417. The third kappa shape index (κ3) is 11.1. The molecule has 0 saturated heterocycles. The zero-order chi connectivity index (χ0) is 17.3. The van der Waals surface area contributed by atoms with Gasteiger partial charge in [0.1, 0.15) is 0 Å². The van der Waals surface area contributed by atoms with Crippen LogP contribution in [0.5, 0.6) is 0 Å². The first-order chi connectivity index (χ1) is 9.41. The highest BCUT2D eigenvalue weighted by Crippen LogP contribution is 2.22. The standard InChI is InChI=1S/C7H12F2N2.C6H10F2N2/c1-3-6(11)4-7(8,9)5(2)10;1-2-5(10)3-6(7,8)4-9/h1,5-6H,4,10-11H2,2H3;1,5H,3-4,9-10H2. The minimum absolute atomic E-state index is 0.542. The maximum absolute atomic E-state index is 12.7. The van der Waals surface area contributed by atoms with Gasteiger partial charge in [0.2, 0.25) is 0 Å². The first-order valence-corrected chi connectivity index (χ1v) is 6.06. The van der Waals surface area contributed by atoms with Crippen LogP contribution in [0.25, 0.3) is 0 Å². The first-order valence-electron chi connectivity index (χ1n) is 6.06. The van der Waals surface area contributed by atoms with Gasteiger partial charge >= 0.3 is 0 Å². The fourth-order valence-electron chi connectivity index (χ4n) is 1.00. The van der Waals surface area contributed by atoms with E-state index in [-0.39, 0.29) is 0 Å². The van der Waals surface area contributed by atoms with Crippen molar-refractivity contribution in [1.82, 2.24) is 0 Å². The smallest absolute Gasteiger partial charge is 0.265 e. The molecule has 21 heavy (non-hydrogen) atoms. The van der Waals surface area contributed by atoms with Crippen LogP contribution in [0, 0.1) is 24.7 Å². The average molecular weight is 310 g/mol. The highest BCUT2D eigenvalue weighted by molar-refractivity contribution is 5.00. The summed E-state index contributed by atoms with van der Waals surface area (Å²) in [4.78, 5) is 0. The van der Waals surface area contributed by atoms with Crippen LogP contribution in [-0.2, 0) is 0 Å². The summed E-state index contributed by atoms with van der Waals surface area (Å²) in [5.41, 5.74) is 19.9. The van der Waals surface area contributed by atoms with Gasteiger partial charge in [-0.25, -0.2) is 17.6 Å². The van der Waals surface area contributed by atoms with Gasteiger partial charge in [-0.3, -0.25) is 0 Å². The monoisotopic (exact) mass is 310 g/mol. The van der Waals surface area contributed by atoms with Gasteiger partial charge in [0.15, 0.2) is 0 Å². The summed E-state index contributed by atoms with van der Waals surface area (Å²) in [5, 5.41) is 0. The maximum Gasteiger partial charge on any atom is 0.265 e. The van der Waals surface area contributed by atoms with Crippen molar-refractivity contribution in [3.8, 4) is 24.7 Å². The maximum atomic E-state index is 12.7. The third-order valence-corrected chi connectivity index (χ3v) is 2.40. The summed E-state index contributed by atoms with van der Waals surface area (Å²) in [5.74, 6) is -1.88. The predicted molar refractivity (Wildman–Crippen MR) is 75.4 cm³/mol. The van der Waals surface area contributed by atoms with Crippen LogP contribution in [0.3, 0.4) is 0 Å². The van der Waals surface area contributed by atoms with Crippen LogP contribution >= 0.6 is 0 Å². The molecule has 0 rings (SSSR count). The van der Waals surface area contributed by atoms with Gasteiger partial charge in [-0.2, -0.15) is 0 Å². The normalized spacial score (nSPS) is 15.8. The van der Waals surface area contributed by atoms with Gasteiger partial charge in [0, 0.05) is 12.8 Å². The highest BCUT2D eigenvalue weighted by atomic mass is 19.3. The minimum atomic E-state index is -2.97. The van der Waals surface area contributed by atoms with E-state index in [0.29, 0.717) is 0 Å². The molecule has 4 nitrogen and oxygen atoms in total. The zero-order valence-corrected chi connectivity index (χ0v) is 11.8. The van der Waals surface area contributed by atoms with Crippen LogP contribution in [-0.4, -0.2) is 36.5 Å². The molecule has 0 fully saturated rings. The lowest BCUT2D eigenvalue weighted by molar-refractivity contribution is -0.0294. The Morgan fingerprint density at radius 1 is 0.952 bits per heavy atom. The Morgan fingerprint density at radius 3 is 1.62 bits per heavy atom. The van der Waals surface area contributed by atoms with Crippen LogP contribution in [0.15, 0.2) is 0 Å². The van der Waals surface area contributed by atoms with Gasteiger partial charge in [0.05, 0.1) is 24.7 Å². The molecule has 8 N–H and O–H groups in total. The molecule has 3 unspecified atom stereocenters. The van der Waals surface area contributed by atoms with Crippen LogP contribution in [0.1, 0.15) is 19.8 Å². The second-order valence-corrected chi connectivity index (χ2v) is 4.56. The number of hydrogen-bond donors (Lipinski definition) is 4. The molecule has 8 heteroatoms. The Labute approximate surface area is 122 Å². The Kier molecular flexibility index (Phi) is 10.0. The van der Waals surface area contributed by atoms with Crippen LogP contribution in [0.2, 0.25) is 0 Å². The Hall–Kier alpha value is -1.32. The molecule has 0 aromatic heterocycles. The molecule has 0 spiro atoms. The van der Waals surface area contributed by atoms with E-state index >= 15 is 0 Å². The lowest BCUT2D eigenvalue weighted by Crippen LogP contribution is -2.42. The van der Waals surface area contributed by atoms with E-state index < -0.39 is 49.4 Å². The van der Waals surface area contributed by atoms with Gasteiger partial charge in [-0.15, -0.1) is 12.8 Å². The van der Waals surface area contributed by atoms with Crippen molar-refractivity contribution in [2.45, 2.75) is 49.7 Å². The Balaban J connectivity index is 0. The summed E-state index contributed by atoms with van der Waals surface area (Å²) in [6, 6.07) is -3.03. The van der Waals surface area contributed by atoms with Crippen molar-refractivity contribution < 1.29 is 17.6 Å². The summed E-state index contributed by atoms with van der Waals surface area (Å²) in [7, 11) is 0. The molecule has 122 valence electrons. The summed E-state index contributed by atoms with van der Waals surface area (Å²) >= 11 is 0. The summed E-state index contributed by atoms with van der Waals surface area (Å²) in [6.45, 7) is 0.519. The van der Waals surface area contributed by atoms with Crippen molar-refractivity contribution in [2.24, 2.45) is 22.9 Å². The van der Waals surface area contributed by atoms with Crippen molar-refractivity contribution in [2.75, 3.05) is 6.54 Å². The number of alkyl halides is 4. The fraction of sp³-hybridized carbons (Fsp3) is 0.692. The molecule has 3 atom stereocenters. The molecular formula is C13H22F4N4. The summed E-state index contributed by atoms with van der Waals surface area (Å²) < 4.78 is 49.9. The molecular weight excluding hydrogens is 288 g/mol. The van der Waals surface area contributed by atoms with Crippen molar-refractivity contribution in [3.05, 3.63) is 0 Å². The molecule has 0 aromatic carbocycles. The van der Waals surface area contributed by atoms with Crippen LogP contribution < -0.4 is 22.9 Å². The molecule has 0 aliphatic heterocycles. The van der Waals surface area contributed by atoms with E-state index in [4.69, 9.17) is 35.8 Å². The number of nitrogens with two attached hydrogens (primary N) is 4. The molecule has 0 saturated carbocycles. The molecule has 0 radical (unpaired) electrons. The summed E-state index contributed by atoms with van der Waals surface area (Å²) in [6.07, 6.45) is 8.52. The molecule has 0 aromatic rings. The van der Waals surface area contributed by atoms with E-state index in [0.717, 1.165) is 0 Å². The lowest BCUT2D eigenvalue weighted by Gasteiger charge is -2.21. The average Bonchev–Trinajstić information content (AvgIpc) is 2.38. The van der Waals surface area contributed by atoms with Crippen molar-refractivity contribution in [3.63, 3.8) is 0 Å². The van der Waals surface area contributed by atoms with Gasteiger partial charge < -0.3 is 22.9 Å². The van der Waals surface area contributed by atoms with E-state index in [2.05, 4.69) is 0 Å². The van der Waals surface area contributed by atoms with Crippen molar-refractivity contribution >= 4 is 0 Å². The molecule has 0 aliphatic rings. The second-order valence-electron chi connectivity index (χ2n) is 4.56. The lowest BCUT2D eigenvalue weighted by atomic mass is 10.0. The fourth-order valence-corrected chi connectivity index (χ4v) is 1.00. The predicted octanol–water partition coefficient (Wildman–Crippen LogP) is 0.251. The van der Waals surface area contributed by atoms with Gasteiger partial charge in [-0.1, -0.05) is 11.8 Å². The minimum Gasteiger partial charge on any atom is -0.325 e. The van der Waals surface area contributed by atoms with E-state index in [9.17, 15) is 17.6 Å². The second kappa shape index (κ2) is 9.59. The number of rotatable bonds is 6. The van der Waals surface area contributed by atoms with Gasteiger partial charge in [-0.05, 0) is 6.92 Å². The topological polar surface area (TPSA) is 104 Å². The molecule has 0 heterocycles. The van der Waals surface area contributed by atoms with E-state index in [1.54, 1.807) is 0 Å². The number of hydrogen-bond acceptors (Lipinski definition) is 4. The highest BCUT2D eigenvalue weighted by Gasteiger charge is 2.35. The molecule has 0 bridgehead atoms. The SMILES string of the molecule is C#CC(N)CC(F)(F)C(C)N.C#CC(N)CC(F)(F)CN. The Morgan fingerprint density at radius 2 is 1.33 bits per heavy atom. The zero-order valence-electron chi connectivity index (χ0n) is 11.8. The third-order valence-electron chi connectivity index (χ3n) is 2.40. The van der Waals surface area contributed by atoms with Crippen LogP contribution in [0.4, 0.5) is 17.6 Å². The number of halogens is 4. The molecule has 0 amide bonds.